The van der Waals surface area contributed by atoms with Crippen molar-refractivity contribution in [1.82, 2.24) is 12.9 Å². The van der Waals surface area contributed by atoms with Gasteiger partial charge >= 0.3 is 0 Å². The quantitative estimate of drug-likeness (QED) is 0.779. The zero-order valence-electron chi connectivity index (χ0n) is 9.83. The van der Waals surface area contributed by atoms with E-state index in [4.69, 9.17) is 0 Å². The van der Waals surface area contributed by atoms with E-state index in [1.54, 1.807) is 0 Å². The van der Waals surface area contributed by atoms with Crippen molar-refractivity contribution < 1.29 is 4.79 Å². The van der Waals surface area contributed by atoms with E-state index in [0.717, 1.165) is 12.2 Å². The normalized spacial score (nSPS) is 14.7. The molecule has 0 fully saturated rings. The maximum Gasteiger partial charge on any atom is 0.223 e. The summed E-state index contributed by atoms with van der Waals surface area (Å²) < 4.78 is 1.87. The van der Waals surface area contributed by atoms with E-state index in [1.165, 1.54) is 11.3 Å². The van der Waals surface area contributed by atoms with Gasteiger partial charge in [0.15, 0.2) is 0 Å². The van der Waals surface area contributed by atoms with E-state index in [0.29, 0.717) is 18.9 Å². The molecule has 0 spiro atoms. The van der Waals surface area contributed by atoms with Crippen LogP contribution in [0.3, 0.4) is 0 Å². The standard InChI is InChI=1S/C11H16IN3O/c1-7(2)4-11(16)14-5-9-8(3)13-15(12)10(9)6-14/h7H,4-6H2,1-3H3. The second-order valence-corrected chi connectivity index (χ2v) is 5.63. The number of nitrogens with zero attached hydrogens (tertiary/aromatic N) is 3. The highest BCUT2D eigenvalue weighted by molar-refractivity contribution is 14.1. The Hall–Kier alpha value is -0.590. The van der Waals surface area contributed by atoms with Crippen LogP contribution in [0.4, 0.5) is 0 Å². The van der Waals surface area contributed by atoms with Crippen molar-refractivity contribution in [2.45, 2.75) is 40.3 Å². The van der Waals surface area contributed by atoms with Gasteiger partial charge in [0.1, 0.15) is 0 Å². The van der Waals surface area contributed by atoms with Gasteiger partial charge in [-0.1, -0.05) is 13.8 Å². The molecule has 88 valence electrons. The predicted octanol–water partition coefficient (Wildman–Crippen LogP) is 2.28. The molecule has 1 aromatic rings. The summed E-state index contributed by atoms with van der Waals surface area (Å²) >= 11 is 2.17. The Bertz CT molecular complexity index is 399. The first-order chi connectivity index (χ1) is 7.49. The van der Waals surface area contributed by atoms with Crippen LogP contribution in [0, 0.1) is 12.8 Å². The molecule has 0 saturated carbocycles. The van der Waals surface area contributed by atoms with Crippen LogP contribution in [0.2, 0.25) is 0 Å². The number of rotatable bonds is 2. The number of hydrogen-bond donors (Lipinski definition) is 0. The van der Waals surface area contributed by atoms with Crippen LogP contribution >= 0.6 is 22.9 Å². The summed E-state index contributed by atoms with van der Waals surface area (Å²) in [4.78, 5) is 13.9. The Morgan fingerprint density at radius 2 is 2.19 bits per heavy atom. The fraction of sp³-hybridized carbons (Fsp3) is 0.636. The lowest BCUT2D eigenvalue weighted by molar-refractivity contribution is -0.132. The topological polar surface area (TPSA) is 38.1 Å². The molecule has 0 aromatic carbocycles. The molecule has 5 heteroatoms. The molecule has 1 aromatic heterocycles. The third-order valence-electron chi connectivity index (χ3n) is 2.87. The van der Waals surface area contributed by atoms with Gasteiger partial charge < -0.3 is 4.90 Å². The highest BCUT2D eigenvalue weighted by Crippen LogP contribution is 2.27. The summed E-state index contributed by atoms with van der Waals surface area (Å²) in [6, 6.07) is 0. The molecule has 0 radical (unpaired) electrons. The largest absolute Gasteiger partial charge is 0.332 e. The first-order valence-corrected chi connectivity index (χ1v) is 6.46. The van der Waals surface area contributed by atoms with Gasteiger partial charge in [-0.15, -0.1) is 0 Å². The highest BCUT2D eigenvalue weighted by atomic mass is 127. The van der Waals surface area contributed by atoms with Crippen molar-refractivity contribution in [2.24, 2.45) is 5.92 Å². The zero-order valence-corrected chi connectivity index (χ0v) is 12.0. The molecule has 0 unspecified atom stereocenters. The van der Waals surface area contributed by atoms with Crippen LogP contribution in [0.1, 0.15) is 37.2 Å². The summed E-state index contributed by atoms with van der Waals surface area (Å²) in [5, 5.41) is 4.35. The van der Waals surface area contributed by atoms with Gasteiger partial charge in [-0.05, 0) is 12.8 Å². The summed E-state index contributed by atoms with van der Waals surface area (Å²) in [7, 11) is 0. The first-order valence-electron chi connectivity index (χ1n) is 5.50. The summed E-state index contributed by atoms with van der Waals surface area (Å²) in [5.41, 5.74) is 3.45. The van der Waals surface area contributed by atoms with Crippen molar-refractivity contribution in [1.29, 1.82) is 0 Å². The van der Waals surface area contributed by atoms with Gasteiger partial charge in [-0.2, -0.15) is 5.10 Å². The van der Waals surface area contributed by atoms with Crippen LogP contribution in [0.5, 0.6) is 0 Å². The number of fused-ring (bicyclic) bond motifs is 1. The minimum absolute atomic E-state index is 0.252. The van der Waals surface area contributed by atoms with E-state index in [1.807, 2.05) is 14.7 Å². The molecule has 4 nitrogen and oxygen atoms in total. The number of halogens is 1. The molecular formula is C11H16IN3O. The van der Waals surface area contributed by atoms with Gasteiger partial charge in [0, 0.05) is 18.5 Å². The molecule has 2 rings (SSSR count). The minimum Gasteiger partial charge on any atom is -0.332 e. The van der Waals surface area contributed by atoms with E-state index >= 15 is 0 Å². The summed E-state index contributed by atoms with van der Waals surface area (Å²) in [6.45, 7) is 7.60. The number of aryl methyl sites for hydroxylation is 1. The van der Waals surface area contributed by atoms with Crippen molar-refractivity contribution in [3.05, 3.63) is 17.0 Å². The second-order valence-electron chi connectivity index (χ2n) is 4.72. The minimum atomic E-state index is 0.252. The lowest BCUT2D eigenvalue weighted by atomic mass is 10.1. The van der Waals surface area contributed by atoms with Crippen LogP contribution in [-0.4, -0.2) is 18.8 Å². The molecule has 1 aliphatic rings. The smallest absolute Gasteiger partial charge is 0.223 e. The average molecular weight is 333 g/mol. The van der Waals surface area contributed by atoms with Gasteiger partial charge in [-0.3, -0.25) is 4.79 Å². The molecule has 0 bridgehead atoms. The van der Waals surface area contributed by atoms with Gasteiger partial charge in [0.25, 0.3) is 0 Å². The molecule has 0 saturated heterocycles. The maximum absolute atomic E-state index is 11.9. The summed E-state index contributed by atoms with van der Waals surface area (Å²) in [6.07, 6.45) is 0.637. The first kappa shape index (κ1) is 11.9. The fourth-order valence-corrected chi connectivity index (χ4v) is 2.78. The predicted molar refractivity (Wildman–Crippen MR) is 70.1 cm³/mol. The Morgan fingerprint density at radius 1 is 1.50 bits per heavy atom. The van der Waals surface area contributed by atoms with Crippen LogP contribution in [0.25, 0.3) is 0 Å². The maximum atomic E-state index is 11.9. The molecule has 0 N–H and O–H groups in total. The van der Waals surface area contributed by atoms with Gasteiger partial charge in [-0.25, -0.2) is 2.90 Å². The number of carbonyl (C=O) groups is 1. The van der Waals surface area contributed by atoms with Crippen LogP contribution < -0.4 is 0 Å². The molecule has 16 heavy (non-hydrogen) atoms. The second kappa shape index (κ2) is 4.35. The molecule has 2 heterocycles. The molecule has 1 aliphatic heterocycles. The van der Waals surface area contributed by atoms with Crippen LogP contribution in [0.15, 0.2) is 0 Å². The number of aromatic nitrogens is 2. The third kappa shape index (κ3) is 2.09. The molecule has 0 aliphatic carbocycles. The Labute approximate surface area is 109 Å². The lowest BCUT2D eigenvalue weighted by Gasteiger charge is -2.17. The fourth-order valence-electron chi connectivity index (χ4n) is 2.01. The van der Waals surface area contributed by atoms with Crippen molar-refractivity contribution in [3.8, 4) is 0 Å². The van der Waals surface area contributed by atoms with Crippen molar-refractivity contribution in [2.75, 3.05) is 0 Å². The zero-order chi connectivity index (χ0) is 11.9. The van der Waals surface area contributed by atoms with Crippen molar-refractivity contribution in [3.63, 3.8) is 0 Å². The average Bonchev–Trinajstić information content (AvgIpc) is 2.68. The number of amides is 1. The Balaban J connectivity index is 2.11. The van der Waals surface area contributed by atoms with Gasteiger partial charge in [0.05, 0.1) is 40.8 Å². The van der Waals surface area contributed by atoms with E-state index in [9.17, 15) is 4.79 Å². The SMILES string of the molecule is Cc1nn(I)c2c1CN(C(=O)CC(C)C)C2. The van der Waals surface area contributed by atoms with Crippen molar-refractivity contribution >= 4 is 28.8 Å². The molecule has 0 atom stereocenters. The molecular weight excluding hydrogens is 317 g/mol. The number of carbonyl (C=O) groups excluding carboxylic acids is 1. The molecule has 1 amide bonds. The Morgan fingerprint density at radius 3 is 2.75 bits per heavy atom. The summed E-state index contributed by atoms with van der Waals surface area (Å²) in [5.74, 6) is 0.676. The van der Waals surface area contributed by atoms with E-state index < -0.39 is 0 Å². The van der Waals surface area contributed by atoms with Crippen LogP contribution in [-0.2, 0) is 17.9 Å². The third-order valence-corrected chi connectivity index (χ3v) is 3.67. The number of hydrogen-bond acceptors (Lipinski definition) is 2. The highest BCUT2D eigenvalue weighted by Gasteiger charge is 2.28. The van der Waals surface area contributed by atoms with E-state index in [2.05, 4.69) is 41.8 Å². The Kier molecular flexibility index (Phi) is 3.23. The van der Waals surface area contributed by atoms with E-state index in [-0.39, 0.29) is 5.91 Å². The van der Waals surface area contributed by atoms with Gasteiger partial charge in [0.2, 0.25) is 5.91 Å². The lowest BCUT2D eigenvalue weighted by Crippen LogP contribution is -2.27. The monoisotopic (exact) mass is 333 g/mol.